The number of aromatic nitrogens is 2. The number of amides is 4. The van der Waals surface area contributed by atoms with Crippen LogP contribution in [0.2, 0.25) is 0 Å². The highest BCUT2D eigenvalue weighted by molar-refractivity contribution is 5.95. The first-order valence-corrected chi connectivity index (χ1v) is 10.9. The maximum absolute atomic E-state index is 13.0. The van der Waals surface area contributed by atoms with E-state index in [-0.39, 0.29) is 24.7 Å². The summed E-state index contributed by atoms with van der Waals surface area (Å²) < 4.78 is 0. The number of primary amides is 1. The molecule has 1 aromatic heterocycles. The Kier molecular flexibility index (Phi) is 9.86. The molecule has 0 spiro atoms. The molecule has 198 valence electrons. The molecule has 3 rings (SSSR count). The predicted molar refractivity (Wildman–Crippen MR) is 117 cm³/mol. The van der Waals surface area contributed by atoms with E-state index in [1.54, 1.807) is 6.20 Å². The molecule has 0 aromatic carbocycles. The summed E-state index contributed by atoms with van der Waals surface area (Å²) in [6.07, 6.45) is 0.640. The van der Waals surface area contributed by atoms with E-state index < -0.39 is 54.1 Å². The van der Waals surface area contributed by atoms with Crippen LogP contribution in [0.4, 0.5) is 0 Å². The number of aliphatic hydroxyl groups excluding tert-OH is 2. The zero-order valence-electron chi connectivity index (χ0n) is 19.0. The third-order valence-corrected chi connectivity index (χ3v) is 5.56. The van der Waals surface area contributed by atoms with Crippen molar-refractivity contribution in [1.82, 2.24) is 25.5 Å². The zero-order chi connectivity index (χ0) is 27.0. The molecule has 2 unspecified atom stereocenters. The molecule has 9 N–H and O–H groups in total. The second-order valence-electron chi connectivity index (χ2n) is 8.14. The number of nitrogens with zero attached hydrogens (tertiary/aromatic N) is 2. The van der Waals surface area contributed by atoms with Crippen molar-refractivity contribution in [3.05, 3.63) is 18.2 Å². The molecule has 2 fully saturated rings. The average Bonchev–Trinajstić information content (AvgIpc) is 3.59. The number of nitrogens with two attached hydrogens (primary N) is 1. The van der Waals surface area contributed by atoms with Gasteiger partial charge in [0.1, 0.15) is 18.1 Å². The van der Waals surface area contributed by atoms with Crippen molar-refractivity contribution in [3.63, 3.8) is 0 Å². The smallest absolute Gasteiger partial charge is 0.335 e. The van der Waals surface area contributed by atoms with E-state index in [0.29, 0.717) is 31.5 Å². The number of hydrogen-bond acceptors (Lipinski definition) is 9. The molecule has 0 saturated carbocycles. The van der Waals surface area contributed by atoms with Crippen LogP contribution in [0.3, 0.4) is 0 Å². The average molecular weight is 512 g/mol. The lowest BCUT2D eigenvalue weighted by atomic mass is 10.1. The van der Waals surface area contributed by atoms with Crippen molar-refractivity contribution in [2.45, 2.75) is 62.4 Å². The molecule has 16 nitrogen and oxygen atoms in total. The Bertz CT molecular complexity index is 966. The predicted octanol–water partition coefficient (Wildman–Crippen LogP) is -3.93. The number of rotatable bonds is 9. The Morgan fingerprint density at radius 1 is 1.14 bits per heavy atom. The largest absolute Gasteiger partial charge is 0.479 e. The second kappa shape index (κ2) is 12.6. The van der Waals surface area contributed by atoms with Gasteiger partial charge >= 0.3 is 11.9 Å². The summed E-state index contributed by atoms with van der Waals surface area (Å²) in [7, 11) is 0. The van der Waals surface area contributed by atoms with E-state index in [4.69, 9.17) is 26.2 Å². The Balaban J connectivity index is 0.000000388. The number of imidazole rings is 1. The van der Waals surface area contributed by atoms with Gasteiger partial charge in [-0.05, 0) is 19.3 Å². The fraction of sp³-hybridized carbons (Fsp3) is 0.550. The van der Waals surface area contributed by atoms with Crippen molar-refractivity contribution < 1.29 is 49.2 Å². The number of hydrogen-bond donors (Lipinski definition) is 8. The first kappa shape index (κ1) is 28.2. The fourth-order valence-electron chi connectivity index (χ4n) is 3.69. The van der Waals surface area contributed by atoms with Gasteiger partial charge in [-0.1, -0.05) is 0 Å². The topological polar surface area (TPSA) is 265 Å². The van der Waals surface area contributed by atoms with Gasteiger partial charge in [0.25, 0.3) is 0 Å². The summed E-state index contributed by atoms with van der Waals surface area (Å²) in [5.74, 6) is -5.06. The number of H-pyrrole nitrogens is 1. The van der Waals surface area contributed by atoms with E-state index in [2.05, 4.69) is 20.6 Å². The second-order valence-corrected chi connectivity index (χ2v) is 8.14. The molecule has 0 aliphatic carbocycles. The number of nitrogens with one attached hydrogen (secondary N) is 3. The van der Waals surface area contributed by atoms with Crippen molar-refractivity contribution in [3.8, 4) is 0 Å². The highest BCUT2D eigenvalue weighted by Gasteiger charge is 2.38. The Morgan fingerprint density at radius 3 is 2.25 bits per heavy atom. The number of aliphatic hydroxyl groups is 2. The molecule has 2 aliphatic rings. The number of carbonyl (C=O) groups is 6. The SMILES string of the molecule is NC(=O)[C@@H]1CCCN1C(=O)[C@H](Cc1c[nH]cn1)NC(=O)[C@@H]1CCC(=O)N1.O=C(O)C(O)C(O)C(=O)O. The number of carboxylic acids is 2. The number of likely N-dealkylation sites (tertiary alicyclic amines) is 1. The zero-order valence-corrected chi connectivity index (χ0v) is 19.0. The van der Waals surface area contributed by atoms with Crippen LogP contribution in [0.5, 0.6) is 0 Å². The van der Waals surface area contributed by atoms with E-state index >= 15 is 0 Å². The highest BCUT2D eigenvalue weighted by atomic mass is 16.4. The van der Waals surface area contributed by atoms with Gasteiger partial charge in [0.15, 0.2) is 12.2 Å². The summed E-state index contributed by atoms with van der Waals surface area (Å²) in [6.45, 7) is 0.416. The quantitative estimate of drug-likeness (QED) is 0.158. The number of aliphatic carboxylic acids is 2. The van der Waals surface area contributed by atoms with Crippen LogP contribution in [0.1, 0.15) is 31.4 Å². The number of carbonyl (C=O) groups excluding carboxylic acids is 4. The summed E-state index contributed by atoms with van der Waals surface area (Å²) >= 11 is 0. The first-order chi connectivity index (χ1) is 16.9. The molecular weight excluding hydrogens is 484 g/mol. The minimum atomic E-state index is -2.27. The van der Waals surface area contributed by atoms with Gasteiger partial charge in [0, 0.05) is 25.6 Å². The lowest BCUT2D eigenvalue weighted by Gasteiger charge is -2.28. The van der Waals surface area contributed by atoms with Crippen LogP contribution >= 0.6 is 0 Å². The minimum Gasteiger partial charge on any atom is -0.479 e. The maximum atomic E-state index is 13.0. The molecule has 16 heteroatoms. The van der Waals surface area contributed by atoms with E-state index in [1.165, 1.54) is 11.2 Å². The summed E-state index contributed by atoms with van der Waals surface area (Å²) in [6, 6.07) is -2.20. The van der Waals surface area contributed by atoms with Gasteiger partial charge in [0.05, 0.1) is 12.0 Å². The Labute approximate surface area is 203 Å². The lowest BCUT2D eigenvalue weighted by Crippen LogP contribution is -2.56. The number of carboxylic acid groups (broad SMARTS) is 2. The van der Waals surface area contributed by atoms with Crippen molar-refractivity contribution in [2.24, 2.45) is 5.73 Å². The van der Waals surface area contributed by atoms with Crippen LogP contribution in [0, 0.1) is 0 Å². The van der Waals surface area contributed by atoms with Gasteiger partial charge in [-0.3, -0.25) is 19.2 Å². The summed E-state index contributed by atoms with van der Waals surface area (Å²) in [4.78, 5) is 76.2. The number of aromatic amines is 1. The fourth-order valence-corrected chi connectivity index (χ4v) is 3.69. The molecule has 4 amide bonds. The molecule has 5 atom stereocenters. The normalized spacial score (nSPS) is 21.4. The third-order valence-electron chi connectivity index (χ3n) is 5.56. The minimum absolute atomic E-state index is 0.177. The van der Waals surface area contributed by atoms with Gasteiger partial charge in [0.2, 0.25) is 23.6 Å². The third kappa shape index (κ3) is 7.47. The maximum Gasteiger partial charge on any atom is 0.335 e. The molecule has 1 aromatic rings. The molecule has 0 bridgehead atoms. The van der Waals surface area contributed by atoms with Crippen molar-refractivity contribution in [2.75, 3.05) is 6.54 Å². The van der Waals surface area contributed by atoms with Crippen LogP contribution in [-0.4, -0.2) is 108 Å². The van der Waals surface area contributed by atoms with Gasteiger partial charge in [-0.25, -0.2) is 14.6 Å². The van der Waals surface area contributed by atoms with Gasteiger partial charge < -0.3 is 46.7 Å². The lowest BCUT2D eigenvalue weighted by molar-refractivity contribution is -0.165. The molecule has 3 heterocycles. The van der Waals surface area contributed by atoms with Crippen LogP contribution in [0.25, 0.3) is 0 Å². The van der Waals surface area contributed by atoms with E-state index in [0.717, 1.165) is 0 Å². The van der Waals surface area contributed by atoms with Crippen molar-refractivity contribution >= 4 is 35.6 Å². The van der Waals surface area contributed by atoms with Crippen LogP contribution < -0.4 is 16.4 Å². The molecule has 2 saturated heterocycles. The molecule has 0 radical (unpaired) electrons. The van der Waals surface area contributed by atoms with Gasteiger partial charge in [-0.2, -0.15) is 0 Å². The van der Waals surface area contributed by atoms with E-state index in [9.17, 15) is 28.8 Å². The molecule has 2 aliphatic heterocycles. The standard InChI is InChI=1S/C16H22N6O4.C4H6O6/c17-14(24)12-2-1-5-22(12)16(26)11(6-9-7-18-8-19-9)21-15(25)10-3-4-13(23)20-10;5-1(3(7)8)2(6)4(9)10/h7-8,10-12H,1-6H2,(H2,17,24)(H,18,19)(H,20,23)(H,21,25);1-2,5-6H,(H,7,8)(H,9,10)/t10-,11-,12-;/m0./s1. The Morgan fingerprint density at radius 2 is 1.78 bits per heavy atom. The molecular formula is C20H28N6O10. The molecule has 36 heavy (non-hydrogen) atoms. The summed E-state index contributed by atoms with van der Waals surface area (Å²) in [5.41, 5.74) is 6.00. The van der Waals surface area contributed by atoms with Crippen molar-refractivity contribution in [1.29, 1.82) is 0 Å². The van der Waals surface area contributed by atoms with Gasteiger partial charge in [-0.15, -0.1) is 0 Å². The Hall–Kier alpha value is -4.05. The van der Waals surface area contributed by atoms with Crippen LogP contribution in [0.15, 0.2) is 12.5 Å². The van der Waals surface area contributed by atoms with E-state index in [1.807, 2.05) is 0 Å². The van der Waals surface area contributed by atoms with Crippen LogP contribution in [-0.2, 0) is 35.2 Å². The highest BCUT2D eigenvalue weighted by Crippen LogP contribution is 2.19. The monoisotopic (exact) mass is 512 g/mol. The summed E-state index contributed by atoms with van der Waals surface area (Å²) in [5, 5.41) is 37.8. The first-order valence-electron chi connectivity index (χ1n) is 10.9.